The Balaban J connectivity index is 1.28. The van der Waals surface area contributed by atoms with Crippen molar-refractivity contribution in [3.63, 3.8) is 0 Å². The minimum Gasteiger partial charge on any atom is -0.454 e. The van der Waals surface area contributed by atoms with Crippen LogP contribution in [0.4, 0.5) is 5.69 Å². The van der Waals surface area contributed by atoms with Crippen molar-refractivity contribution in [1.29, 1.82) is 0 Å². The van der Waals surface area contributed by atoms with Crippen molar-refractivity contribution in [1.82, 2.24) is 14.4 Å². The molecule has 10 nitrogen and oxygen atoms in total. The zero-order chi connectivity index (χ0) is 23.0. The molecule has 0 bridgehead atoms. The van der Waals surface area contributed by atoms with E-state index in [1.165, 1.54) is 4.31 Å². The molecule has 12 heteroatoms. The number of benzene rings is 1. The molecule has 174 valence electrons. The standard InChI is InChI=1S/C21H22N4O6S2/c1-2-18-23-20(24-31-18)14-8-19(32-11-14)33(27,28)25-7-3-4-13(10-25)21(26)22-15-5-6-16-17(9-15)30-12-29-16/h5-6,8-9,11,13H,2-4,7,10,12H2,1H3,(H,22,26). The van der Waals surface area contributed by atoms with Crippen molar-refractivity contribution < 1.29 is 27.2 Å². The lowest BCUT2D eigenvalue weighted by molar-refractivity contribution is -0.120. The summed E-state index contributed by atoms with van der Waals surface area (Å²) >= 11 is 1.11. The Labute approximate surface area is 194 Å². The third kappa shape index (κ3) is 4.33. The van der Waals surface area contributed by atoms with Crippen LogP contribution in [0.2, 0.25) is 0 Å². The molecule has 4 heterocycles. The van der Waals surface area contributed by atoms with E-state index in [1.54, 1.807) is 29.6 Å². The first-order valence-corrected chi connectivity index (χ1v) is 12.9. The number of hydrogen-bond donors (Lipinski definition) is 1. The van der Waals surface area contributed by atoms with Crippen LogP contribution < -0.4 is 14.8 Å². The second kappa shape index (κ2) is 8.76. The van der Waals surface area contributed by atoms with E-state index in [9.17, 15) is 13.2 Å². The zero-order valence-electron chi connectivity index (χ0n) is 17.8. The predicted octanol–water partition coefficient (Wildman–Crippen LogP) is 3.13. The molecule has 1 saturated heterocycles. The molecule has 1 unspecified atom stereocenters. The Morgan fingerprint density at radius 2 is 2.12 bits per heavy atom. The largest absolute Gasteiger partial charge is 0.454 e. The number of aromatic nitrogens is 2. The number of aryl methyl sites for hydroxylation is 1. The van der Waals surface area contributed by atoms with Gasteiger partial charge >= 0.3 is 0 Å². The van der Waals surface area contributed by atoms with Gasteiger partial charge in [-0.2, -0.15) is 9.29 Å². The molecule has 1 N–H and O–H groups in total. The number of carbonyl (C=O) groups is 1. The number of carbonyl (C=O) groups excluding carboxylic acids is 1. The molecule has 2 aromatic heterocycles. The van der Waals surface area contributed by atoms with E-state index in [0.29, 0.717) is 60.3 Å². The van der Waals surface area contributed by atoms with Gasteiger partial charge in [-0.1, -0.05) is 12.1 Å². The number of piperidine rings is 1. The molecular formula is C21H22N4O6S2. The van der Waals surface area contributed by atoms with E-state index in [4.69, 9.17) is 14.0 Å². The first kappa shape index (κ1) is 21.9. The summed E-state index contributed by atoms with van der Waals surface area (Å²) in [5.74, 6) is 1.38. The summed E-state index contributed by atoms with van der Waals surface area (Å²) in [7, 11) is -3.75. The maximum absolute atomic E-state index is 13.3. The van der Waals surface area contributed by atoms with Gasteiger partial charge < -0.3 is 19.3 Å². The van der Waals surface area contributed by atoms with Crippen LogP contribution >= 0.6 is 11.3 Å². The van der Waals surface area contributed by atoms with Gasteiger partial charge in [0.15, 0.2) is 11.5 Å². The van der Waals surface area contributed by atoms with Crippen molar-refractivity contribution >= 4 is 33.0 Å². The van der Waals surface area contributed by atoms with Crippen molar-refractivity contribution in [2.24, 2.45) is 5.92 Å². The van der Waals surface area contributed by atoms with E-state index in [1.807, 2.05) is 6.92 Å². The number of thiophene rings is 1. The molecule has 1 atom stereocenters. The first-order chi connectivity index (χ1) is 15.9. The van der Waals surface area contributed by atoms with Crippen LogP contribution in [0, 0.1) is 5.92 Å². The average Bonchev–Trinajstić information content (AvgIpc) is 3.59. The molecule has 0 saturated carbocycles. The molecule has 2 aliphatic rings. The maximum Gasteiger partial charge on any atom is 0.252 e. The van der Waals surface area contributed by atoms with Gasteiger partial charge in [-0.15, -0.1) is 11.3 Å². The van der Waals surface area contributed by atoms with Gasteiger partial charge in [0.2, 0.25) is 24.4 Å². The lowest BCUT2D eigenvalue weighted by Crippen LogP contribution is -2.43. The van der Waals surface area contributed by atoms with E-state index < -0.39 is 15.9 Å². The number of hydrogen-bond acceptors (Lipinski definition) is 9. The molecule has 1 amide bonds. The topological polar surface area (TPSA) is 124 Å². The van der Waals surface area contributed by atoms with Gasteiger partial charge in [0.25, 0.3) is 10.0 Å². The summed E-state index contributed by atoms with van der Waals surface area (Å²) in [4.78, 5) is 17.1. The van der Waals surface area contributed by atoms with Crippen molar-refractivity contribution in [2.75, 3.05) is 25.2 Å². The number of rotatable bonds is 6. The molecule has 0 spiro atoms. The van der Waals surface area contributed by atoms with Gasteiger partial charge in [-0.25, -0.2) is 8.42 Å². The van der Waals surface area contributed by atoms with Gasteiger partial charge in [0.1, 0.15) is 4.21 Å². The molecule has 1 aromatic carbocycles. The fourth-order valence-corrected chi connectivity index (χ4v) is 6.64. The van der Waals surface area contributed by atoms with Crippen LogP contribution in [0.5, 0.6) is 11.5 Å². The van der Waals surface area contributed by atoms with E-state index in [0.717, 1.165) is 11.3 Å². The Bertz CT molecular complexity index is 1290. The van der Waals surface area contributed by atoms with Crippen LogP contribution in [0.25, 0.3) is 11.4 Å². The Morgan fingerprint density at radius 1 is 1.27 bits per heavy atom. The molecule has 1 fully saturated rings. The highest BCUT2D eigenvalue weighted by Crippen LogP contribution is 2.35. The summed E-state index contributed by atoms with van der Waals surface area (Å²) in [6, 6.07) is 6.72. The van der Waals surface area contributed by atoms with Crippen LogP contribution in [0.3, 0.4) is 0 Å². The summed E-state index contributed by atoms with van der Waals surface area (Å²) in [6.45, 7) is 2.54. The van der Waals surface area contributed by atoms with Crippen molar-refractivity contribution in [2.45, 2.75) is 30.4 Å². The number of amides is 1. The third-order valence-electron chi connectivity index (χ3n) is 5.59. The minimum atomic E-state index is -3.75. The number of nitrogens with zero attached hydrogens (tertiary/aromatic N) is 3. The molecule has 0 aliphatic carbocycles. The van der Waals surface area contributed by atoms with Gasteiger partial charge in [-0.3, -0.25) is 4.79 Å². The molecule has 2 aliphatic heterocycles. The highest BCUT2D eigenvalue weighted by atomic mass is 32.2. The van der Waals surface area contributed by atoms with Crippen LogP contribution in [-0.4, -0.2) is 48.7 Å². The SMILES string of the molecule is CCc1nc(-c2csc(S(=O)(=O)N3CCCC(C(=O)Nc4ccc5c(c4)OCO5)C3)c2)no1. The van der Waals surface area contributed by atoms with Crippen LogP contribution in [-0.2, 0) is 21.2 Å². The third-order valence-corrected chi connectivity index (χ3v) is 8.87. The summed E-state index contributed by atoms with van der Waals surface area (Å²) in [6.07, 6.45) is 1.81. The first-order valence-electron chi connectivity index (χ1n) is 10.6. The van der Waals surface area contributed by atoms with Gasteiger partial charge in [0.05, 0.1) is 5.92 Å². The number of nitrogens with one attached hydrogen (secondary N) is 1. The quantitative estimate of drug-likeness (QED) is 0.559. The normalized spacial score (nSPS) is 18.4. The molecule has 33 heavy (non-hydrogen) atoms. The maximum atomic E-state index is 13.3. The fourth-order valence-electron chi connectivity index (χ4n) is 3.81. The fraction of sp³-hybridized carbons (Fsp3) is 0.381. The number of ether oxygens (including phenoxy) is 2. The second-order valence-corrected chi connectivity index (χ2v) is 10.9. The summed E-state index contributed by atoms with van der Waals surface area (Å²) in [5.41, 5.74) is 1.18. The number of sulfonamides is 1. The van der Waals surface area contributed by atoms with Crippen molar-refractivity contribution in [3.05, 3.63) is 35.5 Å². The lowest BCUT2D eigenvalue weighted by Gasteiger charge is -2.30. The highest BCUT2D eigenvalue weighted by Gasteiger charge is 2.34. The average molecular weight is 491 g/mol. The second-order valence-electron chi connectivity index (χ2n) is 7.78. The van der Waals surface area contributed by atoms with E-state index in [-0.39, 0.29) is 23.5 Å². The van der Waals surface area contributed by atoms with E-state index >= 15 is 0 Å². The van der Waals surface area contributed by atoms with E-state index in [2.05, 4.69) is 15.5 Å². The molecular weight excluding hydrogens is 468 g/mol. The monoisotopic (exact) mass is 490 g/mol. The van der Waals surface area contributed by atoms with Crippen LogP contribution in [0.15, 0.2) is 38.4 Å². The Hall–Kier alpha value is -2.96. The van der Waals surface area contributed by atoms with Gasteiger partial charge in [0, 0.05) is 42.2 Å². The lowest BCUT2D eigenvalue weighted by atomic mass is 9.98. The van der Waals surface area contributed by atoms with Crippen molar-refractivity contribution in [3.8, 4) is 22.9 Å². The zero-order valence-corrected chi connectivity index (χ0v) is 19.4. The Kier molecular flexibility index (Phi) is 5.81. The number of anilines is 1. The smallest absolute Gasteiger partial charge is 0.252 e. The summed E-state index contributed by atoms with van der Waals surface area (Å²) < 4.78 is 43.8. The number of fused-ring (bicyclic) bond motifs is 1. The van der Waals surface area contributed by atoms with Gasteiger partial charge in [-0.05, 0) is 31.0 Å². The minimum absolute atomic E-state index is 0.119. The highest BCUT2D eigenvalue weighted by molar-refractivity contribution is 7.91. The summed E-state index contributed by atoms with van der Waals surface area (Å²) in [5, 5.41) is 8.47. The Morgan fingerprint density at radius 3 is 2.94 bits per heavy atom. The molecule has 0 radical (unpaired) electrons. The molecule has 3 aromatic rings. The molecule has 5 rings (SSSR count). The predicted molar refractivity (Wildman–Crippen MR) is 120 cm³/mol. The van der Waals surface area contributed by atoms with Crippen LogP contribution in [0.1, 0.15) is 25.7 Å².